The van der Waals surface area contributed by atoms with Crippen LogP contribution in [-0.4, -0.2) is 21.0 Å². The van der Waals surface area contributed by atoms with Crippen LogP contribution in [0.4, 0.5) is 0 Å². The van der Waals surface area contributed by atoms with Crippen molar-refractivity contribution in [3.05, 3.63) is 81.3 Å². The Morgan fingerprint density at radius 2 is 1.96 bits per heavy atom. The summed E-state index contributed by atoms with van der Waals surface area (Å²) in [5.41, 5.74) is 3.17. The van der Waals surface area contributed by atoms with E-state index >= 15 is 0 Å². The Kier molecular flexibility index (Phi) is 5.07. The molecular weight excluding hydrogens is 444 g/mol. The summed E-state index contributed by atoms with van der Waals surface area (Å²) in [6.45, 7) is 0.317. The van der Waals surface area contributed by atoms with Crippen LogP contribution in [0, 0.1) is 0 Å². The van der Waals surface area contributed by atoms with Gasteiger partial charge in [-0.1, -0.05) is 45.7 Å². The number of carboxylic acid groups (broad SMARTS) is 1. The van der Waals surface area contributed by atoms with Crippen LogP contribution in [0.25, 0.3) is 22.4 Å². The number of carbonyl (C=O) groups is 1. The van der Waals surface area contributed by atoms with Gasteiger partial charge in [0.15, 0.2) is 0 Å². The molecule has 140 valence electrons. The first-order valence-corrected chi connectivity index (χ1v) is 9.57. The molecule has 28 heavy (non-hydrogen) atoms. The topological polar surface area (TPSA) is 75.2 Å². The van der Waals surface area contributed by atoms with Crippen molar-refractivity contribution < 1.29 is 14.6 Å². The molecule has 0 bridgehead atoms. The number of carboxylic acids is 1. The Morgan fingerprint density at radius 3 is 2.75 bits per heavy atom. The van der Waals surface area contributed by atoms with Gasteiger partial charge in [0.25, 0.3) is 0 Å². The van der Waals surface area contributed by atoms with E-state index in [1.807, 2.05) is 42.5 Å². The predicted molar refractivity (Wildman–Crippen MR) is 112 cm³/mol. The molecule has 0 amide bonds. The maximum Gasteiger partial charge on any atom is 0.335 e. The Hall–Kier alpha value is -2.83. The number of halogens is 2. The van der Waals surface area contributed by atoms with Crippen LogP contribution in [-0.2, 0) is 6.61 Å². The second kappa shape index (κ2) is 7.66. The summed E-state index contributed by atoms with van der Waals surface area (Å²) in [4.78, 5) is 19.0. The van der Waals surface area contributed by atoms with Gasteiger partial charge in [0, 0.05) is 15.1 Å². The molecule has 0 aliphatic carbocycles. The summed E-state index contributed by atoms with van der Waals surface area (Å²) in [6.07, 6.45) is 0. The number of aromatic nitrogens is 2. The van der Waals surface area contributed by atoms with E-state index in [4.69, 9.17) is 16.3 Å². The lowest BCUT2D eigenvalue weighted by Crippen LogP contribution is -1.98. The van der Waals surface area contributed by atoms with Crippen LogP contribution in [0.3, 0.4) is 0 Å². The summed E-state index contributed by atoms with van der Waals surface area (Å²) in [5, 5.41) is 9.82. The Bertz CT molecular complexity index is 1190. The first-order valence-electron chi connectivity index (χ1n) is 8.40. The van der Waals surface area contributed by atoms with Crippen molar-refractivity contribution in [2.24, 2.45) is 0 Å². The van der Waals surface area contributed by atoms with Crippen LogP contribution in [0.2, 0.25) is 5.02 Å². The van der Waals surface area contributed by atoms with E-state index in [1.165, 1.54) is 6.07 Å². The molecule has 1 heterocycles. The van der Waals surface area contributed by atoms with Crippen molar-refractivity contribution in [2.75, 3.05) is 0 Å². The molecule has 5 nitrogen and oxygen atoms in total. The van der Waals surface area contributed by atoms with Crippen LogP contribution in [0.15, 0.2) is 65.1 Å². The molecule has 4 rings (SSSR count). The third kappa shape index (κ3) is 3.74. The average Bonchev–Trinajstić information content (AvgIpc) is 3.11. The molecule has 7 heteroatoms. The number of hydrogen-bond acceptors (Lipinski definition) is 3. The number of aromatic carboxylic acids is 1. The van der Waals surface area contributed by atoms with Gasteiger partial charge >= 0.3 is 5.97 Å². The monoisotopic (exact) mass is 456 g/mol. The zero-order valence-electron chi connectivity index (χ0n) is 14.4. The van der Waals surface area contributed by atoms with Crippen molar-refractivity contribution in [1.82, 2.24) is 9.97 Å². The highest BCUT2D eigenvalue weighted by Gasteiger charge is 2.14. The molecule has 0 radical (unpaired) electrons. The average molecular weight is 458 g/mol. The van der Waals surface area contributed by atoms with Crippen LogP contribution in [0.5, 0.6) is 5.75 Å². The zero-order valence-corrected chi connectivity index (χ0v) is 16.8. The van der Waals surface area contributed by atoms with Gasteiger partial charge in [0.2, 0.25) is 0 Å². The number of benzene rings is 3. The number of nitrogens with zero attached hydrogens (tertiary/aromatic N) is 1. The number of aromatic amines is 1. The van der Waals surface area contributed by atoms with Gasteiger partial charge in [-0.2, -0.15) is 0 Å². The van der Waals surface area contributed by atoms with Gasteiger partial charge in [-0.25, -0.2) is 9.78 Å². The van der Waals surface area contributed by atoms with Gasteiger partial charge in [-0.05, 0) is 42.5 Å². The summed E-state index contributed by atoms with van der Waals surface area (Å²) >= 11 is 9.69. The molecule has 4 aromatic rings. The van der Waals surface area contributed by atoms with Crippen molar-refractivity contribution in [1.29, 1.82) is 0 Å². The molecule has 0 fully saturated rings. The molecule has 0 spiro atoms. The van der Waals surface area contributed by atoms with Crippen LogP contribution < -0.4 is 4.74 Å². The van der Waals surface area contributed by atoms with Gasteiger partial charge in [0.1, 0.15) is 18.2 Å². The largest absolute Gasteiger partial charge is 0.488 e. The Labute approximate surface area is 174 Å². The van der Waals surface area contributed by atoms with Crippen molar-refractivity contribution >= 4 is 44.5 Å². The first kappa shape index (κ1) is 18.5. The third-order valence-electron chi connectivity index (χ3n) is 4.27. The standard InChI is InChI=1S/C21H14BrClN2O3/c22-14-6-8-19(28-11-13-3-1-2-4-16(13)23)15(10-14)20-24-17-7-5-12(21(26)27)9-18(17)25-20/h1-10H,11H2,(H,24,25)(H,26,27). The molecule has 1 aromatic heterocycles. The molecule has 2 N–H and O–H groups in total. The smallest absolute Gasteiger partial charge is 0.335 e. The highest BCUT2D eigenvalue weighted by atomic mass is 79.9. The minimum atomic E-state index is -0.982. The van der Waals surface area contributed by atoms with Crippen molar-refractivity contribution in [3.8, 4) is 17.1 Å². The molecule has 3 aromatic carbocycles. The van der Waals surface area contributed by atoms with E-state index in [2.05, 4.69) is 25.9 Å². The number of imidazole rings is 1. The van der Waals surface area contributed by atoms with E-state index in [0.717, 1.165) is 15.6 Å². The van der Waals surface area contributed by atoms with E-state index in [0.29, 0.717) is 34.2 Å². The van der Waals surface area contributed by atoms with E-state index in [1.54, 1.807) is 12.1 Å². The fourth-order valence-corrected chi connectivity index (χ4v) is 3.41. The maximum absolute atomic E-state index is 11.2. The molecule has 0 aliphatic heterocycles. The summed E-state index contributed by atoms with van der Waals surface area (Å²) < 4.78 is 6.89. The number of H-pyrrole nitrogens is 1. The minimum Gasteiger partial charge on any atom is -0.488 e. The van der Waals surface area contributed by atoms with Crippen molar-refractivity contribution in [2.45, 2.75) is 6.61 Å². The van der Waals surface area contributed by atoms with E-state index < -0.39 is 5.97 Å². The van der Waals surface area contributed by atoms with E-state index in [9.17, 15) is 9.90 Å². The fraction of sp³-hybridized carbons (Fsp3) is 0.0476. The van der Waals surface area contributed by atoms with Gasteiger partial charge < -0.3 is 14.8 Å². The van der Waals surface area contributed by atoms with Gasteiger partial charge in [-0.3, -0.25) is 0 Å². The molecule has 0 aliphatic rings. The number of hydrogen-bond donors (Lipinski definition) is 2. The lowest BCUT2D eigenvalue weighted by Gasteiger charge is -2.11. The molecule has 0 atom stereocenters. The highest BCUT2D eigenvalue weighted by molar-refractivity contribution is 9.10. The number of ether oxygens (including phenoxy) is 1. The van der Waals surface area contributed by atoms with Gasteiger partial charge in [0.05, 0.1) is 22.2 Å². The minimum absolute atomic E-state index is 0.201. The number of nitrogens with one attached hydrogen (secondary N) is 1. The number of rotatable bonds is 5. The quantitative estimate of drug-likeness (QED) is 0.390. The Balaban J connectivity index is 1.71. The van der Waals surface area contributed by atoms with Crippen LogP contribution in [0.1, 0.15) is 15.9 Å². The lowest BCUT2D eigenvalue weighted by molar-refractivity contribution is 0.0697. The molecular formula is C21H14BrClN2O3. The molecule has 0 saturated heterocycles. The molecule has 0 saturated carbocycles. The van der Waals surface area contributed by atoms with Crippen LogP contribution >= 0.6 is 27.5 Å². The predicted octanol–water partition coefficient (Wildman–Crippen LogP) is 5.92. The third-order valence-corrected chi connectivity index (χ3v) is 5.13. The van der Waals surface area contributed by atoms with E-state index in [-0.39, 0.29) is 5.56 Å². The van der Waals surface area contributed by atoms with Gasteiger partial charge in [-0.15, -0.1) is 0 Å². The molecule has 0 unspecified atom stereocenters. The SMILES string of the molecule is O=C(O)c1ccc2nc(-c3cc(Br)ccc3OCc3ccccc3Cl)[nH]c2c1. The highest BCUT2D eigenvalue weighted by Crippen LogP contribution is 2.33. The maximum atomic E-state index is 11.2. The Morgan fingerprint density at radius 1 is 1.14 bits per heavy atom. The number of fused-ring (bicyclic) bond motifs is 1. The second-order valence-electron chi connectivity index (χ2n) is 6.14. The second-order valence-corrected chi connectivity index (χ2v) is 7.47. The first-order chi connectivity index (χ1) is 13.5. The summed E-state index contributed by atoms with van der Waals surface area (Å²) in [7, 11) is 0. The summed E-state index contributed by atoms with van der Waals surface area (Å²) in [6, 6.07) is 17.9. The summed E-state index contributed by atoms with van der Waals surface area (Å²) in [5.74, 6) is 0.248. The lowest BCUT2D eigenvalue weighted by atomic mass is 10.2. The zero-order chi connectivity index (χ0) is 19.7. The fourth-order valence-electron chi connectivity index (χ4n) is 2.85. The normalized spacial score (nSPS) is 10.9. The van der Waals surface area contributed by atoms with Crippen molar-refractivity contribution in [3.63, 3.8) is 0 Å².